The Morgan fingerprint density at radius 1 is 1.48 bits per heavy atom. The molecule has 0 radical (unpaired) electrons. The van der Waals surface area contributed by atoms with Crippen LogP contribution in [0.2, 0.25) is 0 Å². The van der Waals surface area contributed by atoms with Gasteiger partial charge >= 0.3 is 0 Å². The summed E-state index contributed by atoms with van der Waals surface area (Å²) in [4.78, 5) is 23.1. The Bertz CT molecular complexity index is 516. The zero-order chi connectivity index (χ0) is 14.8. The van der Waals surface area contributed by atoms with E-state index < -0.39 is 6.10 Å². The van der Waals surface area contributed by atoms with Gasteiger partial charge in [-0.15, -0.1) is 0 Å². The van der Waals surface area contributed by atoms with Gasteiger partial charge in [-0.1, -0.05) is 13.8 Å². The molecule has 0 aromatic carbocycles. The van der Waals surface area contributed by atoms with Gasteiger partial charge in [-0.3, -0.25) is 4.79 Å². The Hall–Kier alpha value is -1.69. The molecule has 1 aliphatic carbocycles. The third-order valence-electron chi connectivity index (χ3n) is 3.78. The van der Waals surface area contributed by atoms with Gasteiger partial charge in [0.2, 0.25) is 0 Å². The summed E-state index contributed by atoms with van der Waals surface area (Å²) in [6, 6.07) is 2.26. The van der Waals surface area contributed by atoms with Crippen LogP contribution in [0.5, 0.6) is 0 Å². The fraction of sp³-hybridized carbons (Fsp3) is 0.667. The maximum absolute atomic E-state index is 12.1. The molecule has 1 aromatic rings. The molecule has 1 amide bonds. The second-order valence-corrected chi connectivity index (χ2v) is 6.02. The number of amides is 1. The minimum Gasteiger partial charge on any atom is -0.365 e. The van der Waals surface area contributed by atoms with Crippen LogP contribution in [0.3, 0.4) is 0 Å². The molecule has 6 nitrogen and oxygen atoms in total. The van der Waals surface area contributed by atoms with E-state index in [0.29, 0.717) is 25.1 Å². The van der Waals surface area contributed by atoms with E-state index >= 15 is 0 Å². The summed E-state index contributed by atoms with van der Waals surface area (Å²) in [6.07, 6.45) is 3.56. The highest BCUT2D eigenvalue weighted by atomic mass is 16.5. The SMILES string of the molecule is CC(C)c1nccc(N2CCOC(C(=O)NC3CC3)C2)n1. The van der Waals surface area contributed by atoms with Gasteiger partial charge in [0.25, 0.3) is 5.91 Å². The molecule has 0 bridgehead atoms. The number of morpholine rings is 1. The lowest BCUT2D eigenvalue weighted by atomic mass is 10.2. The van der Waals surface area contributed by atoms with E-state index in [-0.39, 0.29) is 5.91 Å². The maximum Gasteiger partial charge on any atom is 0.251 e. The molecule has 1 N–H and O–H groups in total. The molecule has 1 atom stereocenters. The van der Waals surface area contributed by atoms with Crippen molar-refractivity contribution in [2.45, 2.75) is 44.8 Å². The standard InChI is InChI=1S/C15H22N4O2/c1-10(2)14-16-6-5-13(18-14)19-7-8-21-12(9-19)15(20)17-11-3-4-11/h5-6,10-12H,3-4,7-9H2,1-2H3,(H,17,20). The second kappa shape index (κ2) is 5.97. The van der Waals surface area contributed by atoms with Crippen LogP contribution >= 0.6 is 0 Å². The second-order valence-electron chi connectivity index (χ2n) is 6.02. The van der Waals surface area contributed by atoms with E-state index in [1.54, 1.807) is 6.20 Å². The van der Waals surface area contributed by atoms with Gasteiger partial charge in [0, 0.05) is 24.7 Å². The fourth-order valence-corrected chi connectivity index (χ4v) is 2.36. The summed E-state index contributed by atoms with van der Waals surface area (Å²) in [7, 11) is 0. The van der Waals surface area contributed by atoms with Crippen molar-refractivity contribution < 1.29 is 9.53 Å². The molecule has 21 heavy (non-hydrogen) atoms. The van der Waals surface area contributed by atoms with Crippen LogP contribution in [0.1, 0.15) is 38.4 Å². The molecular formula is C15H22N4O2. The van der Waals surface area contributed by atoms with E-state index in [1.165, 1.54) is 0 Å². The number of anilines is 1. The molecule has 1 aliphatic heterocycles. The van der Waals surface area contributed by atoms with Crippen molar-refractivity contribution in [2.24, 2.45) is 0 Å². The van der Waals surface area contributed by atoms with Gasteiger partial charge < -0.3 is 15.0 Å². The van der Waals surface area contributed by atoms with Crippen LogP contribution in [0.15, 0.2) is 12.3 Å². The number of rotatable bonds is 4. The summed E-state index contributed by atoms with van der Waals surface area (Å²) >= 11 is 0. The summed E-state index contributed by atoms with van der Waals surface area (Å²) < 4.78 is 5.60. The number of carbonyl (C=O) groups is 1. The van der Waals surface area contributed by atoms with Gasteiger partial charge in [-0.2, -0.15) is 0 Å². The summed E-state index contributed by atoms with van der Waals surface area (Å²) in [5, 5.41) is 3.00. The molecule has 1 saturated heterocycles. The molecule has 3 rings (SSSR count). The molecule has 2 fully saturated rings. The molecule has 114 valence electrons. The summed E-state index contributed by atoms with van der Waals surface area (Å²) in [6.45, 7) is 5.99. The average Bonchev–Trinajstić information content (AvgIpc) is 3.31. The van der Waals surface area contributed by atoms with Crippen LogP contribution in [0.4, 0.5) is 5.82 Å². The largest absolute Gasteiger partial charge is 0.365 e. The van der Waals surface area contributed by atoms with Crippen LogP contribution in [0.25, 0.3) is 0 Å². The van der Waals surface area contributed by atoms with Crippen LogP contribution in [-0.2, 0) is 9.53 Å². The Balaban J connectivity index is 1.67. The lowest BCUT2D eigenvalue weighted by Gasteiger charge is -2.33. The van der Waals surface area contributed by atoms with E-state index in [4.69, 9.17) is 4.74 Å². The third-order valence-corrected chi connectivity index (χ3v) is 3.78. The first-order valence-corrected chi connectivity index (χ1v) is 7.63. The first-order chi connectivity index (χ1) is 10.1. The van der Waals surface area contributed by atoms with Gasteiger partial charge in [-0.25, -0.2) is 9.97 Å². The predicted octanol–water partition coefficient (Wildman–Crippen LogP) is 1.08. The molecule has 0 spiro atoms. The van der Waals surface area contributed by atoms with E-state index in [9.17, 15) is 4.79 Å². The van der Waals surface area contributed by atoms with Gasteiger partial charge in [0.05, 0.1) is 13.2 Å². The normalized spacial score (nSPS) is 22.4. The van der Waals surface area contributed by atoms with Gasteiger partial charge in [0.15, 0.2) is 6.10 Å². The third kappa shape index (κ3) is 3.50. The Morgan fingerprint density at radius 3 is 3.00 bits per heavy atom. The highest BCUT2D eigenvalue weighted by Crippen LogP contribution is 2.21. The first-order valence-electron chi connectivity index (χ1n) is 7.63. The number of hydrogen-bond donors (Lipinski definition) is 1. The molecule has 2 aliphatic rings. The minimum absolute atomic E-state index is 0.000314. The van der Waals surface area contributed by atoms with E-state index in [2.05, 4.69) is 34.0 Å². The summed E-state index contributed by atoms with van der Waals surface area (Å²) in [5.41, 5.74) is 0. The van der Waals surface area contributed by atoms with Gasteiger partial charge in [-0.05, 0) is 18.9 Å². The molecule has 6 heteroatoms. The number of ether oxygens (including phenoxy) is 1. The Kier molecular flexibility index (Phi) is 4.05. The number of nitrogens with one attached hydrogen (secondary N) is 1. The highest BCUT2D eigenvalue weighted by Gasteiger charge is 2.31. The molecule has 1 unspecified atom stereocenters. The molecule has 1 aromatic heterocycles. The smallest absolute Gasteiger partial charge is 0.251 e. The molecule has 2 heterocycles. The first kappa shape index (κ1) is 14.3. The fourth-order valence-electron chi connectivity index (χ4n) is 2.36. The predicted molar refractivity (Wildman–Crippen MR) is 79.2 cm³/mol. The zero-order valence-corrected chi connectivity index (χ0v) is 12.6. The van der Waals surface area contributed by atoms with Crippen LogP contribution < -0.4 is 10.2 Å². The number of carbonyl (C=O) groups excluding carboxylic acids is 1. The van der Waals surface area contributed by atoms with Crippen molar-refractivity contribution in [1.82, 2.24) is 15.3 Å². The van der Waals surface area contributed by atoms with Crippen molar-refractivity contribution in [3.8, 4) is 0 Å². The lowest BCUT2D eigenvalue weighted by Crippen LogP contribution is -2.50. The highest BCUT2D eigenvalue weighted by molar-refractivity contribution is 5.82. The quantitative estimate of drug-likeness (QED) is 0.899. The number of aromatic nitrogens is 2. The minimum atomic E-state index is -0.406. The average molecular weight is 290 g/mol. The van der Waals surface area contributed by atoms with Crippen molar-refractivity contribution >= 4 is 11.7 Å². The van der Waals surface area contributed by atoms with Crippen molar-refractivity contribution in [3.63, 3.8) is 0 Å². The van der Waals surface area contributed by atoms with E-state index in [1.807, 2.05) is 6.07 Å². The summed E-state index contributed by atoms with van der Waals surface area (Å²) in [5.74, 6) is 2.00. The topological polar surface area (TPSA) is 67.4 Å². The van der Waals surface area contributed by atoms with Crippen LogP contribution in [-0.4, -0.2) is 47.7 Å². The maximum atomic E-state index is 12.1. The van der Waals surface area contributed by atoms with E-state index in [0.717, 1.165) is 31.0 Å². The number of hydrogen-bond acceptors (Lipinski definition) is 5. The molecular weight excluding hydrogens is 268 g/mol. The number of nitrogens with zero attached hydrogens (tertiary/aromatic N) is 3. The lowest BCUT2D eigenvalue weighted by molar-refractivity contribution is -0.133. The van der Waals surface area contributed by atoms with Crippen molar-refractivity contribution in [3.05, 3.63) is 18.1 Å². The molecule has 1 saturated carbocycles. The Labute approximate surface area is 124 Å². The van der Waals surface area contributed by atoms with Crippen molar-refractivity contribution in [2.75, 3.05) is 24.6 Å². The Morgan fingerprint density at radius 2 is 2.29 bits per heavy atom. The van der Waals surface area contributed by atoms with Crippen LogP contribution in [0, 0.1) is 0 Å². The van der Waals surface area contributed by atoms with Gasteiger partial charge in [0.1, 0.15) is 11.6 Å². The monoisotopic (exact) mass is 290 g/mol. The zero-order valence-electron chi connectivity index (χ0n) is 12.6. The van der Waals surface area contributed by atoms with Crippen molar-refractivity contribution in [1.29, 1.82) is 0 Å².